The highest BCUT2D eigenvalue weighted by Crippen LogP contribution is 2.47. The van der Waals surface area contributed by atoms with E-state index in [9.17, 15) is 5.02 Å². The Morgan fingerprint density at radius 2 is 2.11 bits per heavy atom. The van der Waals surface area contributed by atoms with Crippen molar-refractivity contribution in [2.45, 2.75) is 18.3 Å². The van der Waals surface area contributed by atoms with Crippen LogP contribution in [0.3, 0.4) is 0 Å². The second-order valence-corrected chi connectivity index (χ2v) is 6.71. The molecule has 1 saturated heterocycles. The molecule has 0 spiro atoms. The van der Waals surface area contributed by atoms with E-state index >= 15 is 0 Å². The Morgan fingerprint density at radius 3 is 2.85 bits per heavy atom. The molecule has 0 radical (unpaired) electrons. The molecule has 1 N–H and O–H groups in total. The van der Waals surface area contributed by atoms with Crippen LogP contribution in [0.2, 0.25) is 6.32 Å². The van der Waals surface area contributed by atoms with E-state index in [0.29, 0.717) is 43.4 Å². The third kappa shape index (κ3) is 3.60. The Balaban J connectivity index is 1.70. The van der Waals surface area contributed by atoms with Crippen molar-refractivity contribution in [3.05, 3.63) is 36.2 Å². The topological polar surface area (TPSA) is 79.3 Å². The van der Waals surface area contributed by atoms with Gasteiger partial charge in [-0.15, -0.1) is 0 Å². The normalized spacial score (nSPS) is 21.4. The predicted octanol–water partition coefficient (Wildman–Crippen LogP) is 2.14. The molecule has 1 fully saturated rings. The highest BCUT2D eigenvalue weighted by Gasteiger charge is 2.31. The average molecular weight is 371 g/mol. The van der Waals surface area contributed by atoms with Gasteiger partial charge in [0.2, 0.25) is 5.75 Å². The highest BCUT2D eigenvalue weighted by atomic mass is 16.6. The Labute approximate surface area is 158 Å². The maximum absolute atomic E-state index is 9.63. The Hall–Kier alpha value is -2.29. The largest absolute Gasteiger partial charge is 0.493 e. The summed E-state index contributed by atoms with van der Waals surface area (Å²) in [4.78, 5) is 4.38. The lowest BCUT2D eigenvalue weighted by molar-refractivity contribution is 0.0255. The van der Waals surface area contributed by atoms with Crippen molar-refractivity contribution in [2.24, 2.45) is 0 Å². The Morgan fingerprint density at radius 1 is 1.22 bits per heavy atom. The number of pyridine rings is 1. The minimum absolute atomic E-state index is 0.129. The number of rotatable bonds is 5. The van der Waals surface area contributed by atoms with Gasteiger partial charge in [-0.2, -0.15) is 0 Å². The van der Waals surface area contributed by atoms with Gasteiger partial charge in [0.1, 0.15) is 6.61 Å². The first kappa shape index (κ1) is 18.1. The zero-order valence-corrected chi connectivity index (χ0v) is 15.4. The molecule has 142 valence electrons. The minimum atomic E-state index is -0.707. The molecule has 1 aromatic carbocycles. The van der Waals surface area contributed by atoms with Gasteiger partial charge in [-0.25, -0.2) is 0 Å². The standard InChI is InChI=1S/C19H22BNO6/c1-23-10-15-11-25-18-16(3-4-17(24-2)19(18)27-15)13-5-12(7-21-8-13)14-6-20(22)26-9-14/h3-5,7-8,14-15,22H,6,9-11H2,1-2H3/t14-,15?/m0/s1. The van der Waals surface area contributed by atoms with Crippen molar-refractivity contribution in [1.29, 1.82) is 0 Å². The lowest BCUT2D eigenvalue weighted by Crippen LogP contribution is -2.33. The molecule has 4 rings (SSSR count). The van der Waals surface area contributed by atoms with Crippen LogP contribution >= 0.6 is 0 Å². The first-order chi connectivity index (χ1) is 13.2. The summed E-state index contributed by atoms with van der Waals surface area (Å²) in [6.45, 7) is 1.33. The number of methoxy groups -OCH3 is 2. The molecular formula is C19H22BNO6. The van der Waals surface area contributed by atoms with Gasteiger partial charge in [0.15, 0.2) is 17.6 Å². The highest BCUT2D eigenvalue weighted by molar-refractivity contribution is 6.43. The van der Waals surface area contributed by atoms with E-state index in [4.69, 9.17) is 23.6 Å². The molecule has 27 heavy (non-hydrogen) atoms. The van der Waals surface area contributed by atoms with Crippen LogP contribution in [-0.2, 0) is 9.39 Å². The van der Waals surface area contributed by atoms with Crippen LogP contribution in [0.1, 0.15) is 11.5 Å². The Kier molecular flexibility index (Phi) is 5.20. The molecule has 2 aromatic rings. The van der Waals surface area contributed by atoms with E-state index in [1.54, 1.807) is 20.4 Å². The fourth-order valence-electron chi connectivity index (χ4n) is 3.50. The zero-order valence-electron chi connectivity index (χ0n) is 15.4. The average Bonchev–Trinajstić information content (AvgIpc) is 3.14. The van der Waals surface area contributed by atoms with Crippen LogP contribution in [0, 0.1) is 0 Å². The van der Waals surface area contributed by atoms with Crippen molar-refractivity contribution in [1.82, 2.24) is 4.98 Å². The predicted molar refractivity (Wildman–Crippen MR) is 99.5 cm³/mol. The minimum Gasteiger partial charge on any atom is -0.493 e. The third-order valence-electron chi connectivity index (χ3n) is 4.86. The summed E-state index contributed by atoms with van der Waals surface area (Å²) in [6, 6.07) is 5.87. The van der Waals surface area contributed by atoms with Crippen molar-refractivity contribution in [3.8, 4) is 28.4 Å². The SMILES string of the molecule is COCC1COc2c(-c3cncc([C@@H]4COB(O)C4)c3)ccc(OC)c2O1. The van der Waals surface area contributed by atoms with Crippen molar-refractivity contribution < 1.29 is 28.6 Å². The Bertz CT molecular complexity index is 817. The van der Waals surface area contributed by atoms with E-state index in [1.807, 2.05) is 18.3 Å². The zero-order chi connectivity index (χ0) is 18.8. The summed E-state index contributed by atoms with van der Waals surface area (Å²) in [6.07, 6.45) is 4.00. The molecule has 1 aromatic heterocycles. The van der Waals surface area contributed by atoms with Gasteiger partial charge in [-0.1, -0.05) is 0 Å². The molecule has 2 atom stereocenters. The number of aromatic nitrogens is 1. The molecule has 2 aliphatic heterocycles. The second kappa shape index (κ2) is 7.76. The first-order valence-electron chi connectivity index (χ1n) is 8.94. The summed E-state index contributed by atoms with van der Waals surface area (Å²) in [7, 11) is 2.53. The van der Waals surface area contributed by atoms with Gasteiger partial charge in [0.25, 0.3) is 0 Å². The fourth-order valence-corrected chi connectivity index (χ4v) is 3.50. The maximum atomic E-state index is 9.63. The quantitative estimate of drug-likeness (QED) is 0.807. The number of hydrogen-bond acceptors (Lipinski definition) is 7. The van der Waals surface area contributed by atoms with Crippen molar-refractivity contribution >= 4 is 7.12 Å². The summed E-state index contributed by atoms with van der Waals surface area (Å²) < 4.78 is 28.0. The summed E-state index contributed by atoms with van der Waals surface area (Å²) >= 11 is 0. The molecular weight excluding hydrogens is 349 g/mol. The van der Waals surface area contributed by atoms with Gasteiger partial charge < -0.3 is 28.6 Å². The van der Waals surface area contributed by atoms with Crippen LogP contribution in [0.15, 0.2) is 30.6 Å². The molecule has 0 saturated carbocycles. The lowest BCUT2D eigenvalue weighted by atomic mass is 9.79. The number of benzene rings is 1. The summed E-state index contributed by atoms with van der Waals surface area (Å²) in [5.74, 6) is 1.97. The molecule has 3 heterocycles. The first-order valence-corrected chi connectivity index (χ1v) is 8.94. The van der Waals surface area contributed by atoms with Crippen LogP contribution < -0.4 is 14.2 Å². The van der Waals surface area contributed by atoms with E-state index in [0.717, 1.165) is 16.7 Å². The molecule has 8 heteroatoms. The monoisotopic (exact) mass is 371 g/mol. The van der Waals surface area contributed by atoms with Gasteiger partial charge in [-0.05, 0) is 30.1 Å². The fraction of sp³-hybridized carbons (Fsp3) is 0.421. The molecule has 0 aliphatic carbocycles. The molecule has 0 amide bonds. The number of nitrogens with zero attached hydrogens (tertiary/aromatic N) is 1. The maximum Gasteiger partial charge on any atom is 0.454 e. The van der Waals surface area contributed by atoms with Gasteiger partial charge in [-0.3, -0.25) is 4.98 Å². The van der Waals surface area contributed by atoms with Crippen LogP contribution in [-0.4, -0.2) is 57.3 Å². The molecule has 0 bridgehead atoms. The van der Waals surface area contributed by atoms with Gasteiger partial charge >= 0.3 is 7.12 Å². The third-order valence-corrected chi connectivity index (χ3v) is 4.86. The summed E-state index contributed by atoms with van der Waals surface area (Å²) in [5.41, 5.74) is 2.83. The number of fused-ring (bicyclic) bond motifs is 1. The molecule has 2 aliphatic rings. The smallest absolute Gasteiger partial charge is 0.454 e. The summed E-state index contributed by atoms with van der Waals surface area (Å²) in [5, 5.41) is 9.63. The van der Waals surface area contributed by atoms with Gasteiger partial charge in [0.05, 0.1) is 13.7 Å². The van der Waals surface area contributed by atoms with E-state index in [2.05, 4.69) is 11.1 Å². The number of ether oxygens (including phenoxy) is 4. The van der Waals surface area contributed by atoms with Crippen LogP contribution in [0.4, 0.5) is 0 Å². The second-order valence-electron chi connectivity index (χ2n) is 6.71. The molecule has 1 unspecified atom stereocenters. The van der Waals surface area contributed by atoms with E-state index < -0.39 is 7.12 Å². The number of hydrogen-bond donors (Lipinski definition) is 1. The van der Waals surface area contributed by atoms with Crippen LogP contribution in [0.5, 0.6) is 17.2 Å². The lowest BCUT2D eigenvalue weighted by Gasteiger charge is -2.29. The van der Waals surface area contributed by atoms with Crippen molar-refractivity contribution in [3.63, 3.8) is 0 Å². The van der Waals surface area contributed by atoms with Gasteiger partial charge in [0, 0.05) is 43.2 Å². The van der Waals surface area contributed by atoms with Crippen molar-refractivity contribution in [2.75, 3.05) is 34.0 Å². The van der Waals surface area contributed by atoms with E-state index in [-0.39, 0.29) is 12.0 Å². The van der Waals surface area contributed by atoms with Crippen LogP contribution in [0.25, 0.3) is 11.1 Å². The molecule has 7 nitrogen and oxygen atoms in total. The van der Waals surface area contributed by atoms with E-state index in [1.165, 1.54) is 0 Å².